The average Bonchev–Trinajstić information content (AvgIpc) is 2.16. The molecule has 0 aliphatic heterocycles. The SMILES string of the molecule is CCOc1ccccc1CNC(C)(C)C.[Cl-]. The zero-order valence-corrected chi connectivity index (χ0v) is 11.3. The molecule has 0 fully saturated rings. The van der Waals surface area contributed by atoms with Crippen molar-refractivity contribution in [2.75, 3.05) is 6.61 Å². The van der Waals surface area contributed by atoms with Gasteiger partial charge < -0.3 is 22.5 Å². The van der Waals surface area contributed by atoms with Crippen LogP contribution in [-0.4, -0.2) is 12.1 Å². The molecule has 0 saturated heterocycles. The highest BCUT2D eigenvalue weighted by Gasteiger charge is 2.10. The van der Waals surface area contributed by atoms with Crippen molar-refractivity contribution in [2.45, 2.75) is 39.8 Å². The summed E-state index contributed by atoms with van der Waals surface area (Å²) in [5.74, 6) is 0.983. The molecule has 1 N–H and O–H groups in total. The highest BCUT2D eigenvalue weighted by Crippen LogP contribution is 2.18. The zero-order valence-electron chi connectivity index (χ0n) is 10.5. The fourth-order valence-electron chi connectivity index (χ4n) is 1.31. The lowest BCUT2D eigenvalue weighted by molar-refractivity contribution is -0.00000448. The van der Waals surface area contributed by atoms with Crippen LogP contribution in [0.1, 0.15) is 33.3 Å². The number of para-hydroxylation sites is 1. The van der Waals surface area contributed by atoms with Crippen LogP contribution >= 0.6 is 0 Å². The molecule has 0 aromatic heterocycles. The van der Waals surface area contributed by atoms with E-state index in [1.54, 1.807) is 0 Å². The van der Waals surface area contributed by atoms with E-state index >= 15 is 0 Å². The Labute approximate surface area is 105 Å². The van der Waals surface area contributed by atoms with E-state index in [4.69, 9.17) is 4.74 Å². The van der Waals surface area contributed by atoms with Gasteiger partial charge in [-0.25, -0.2) is 0 Å². The van der Waals surface area contributed by atoms with Crippen molar-refractivity contribution in [2.24, 2.45) is 0 Å². The summed E-state index contributed by atoms with van der Waals surface area (Å²) in [6.07, 6.45) is 0. The second kappa shape index (κ2) is 6.77. The Bertz CT molecular complexity index is 307. The van der Waals surface area contributed by atoms with E-state index in [-0.39, 0.29) is 17.9 Å². The predicted molar refractivity (Wildman–Crippen MR) is 64.2 cm³/mol. The molecule has 2 nitrogen and oxygen atoms in total. The number of ether oxygens (including phenoxy) is 1. The molecular weight excluding hydrogens is 222 g/mol. The second-order valence-corrected chi connectivity index (χ2v) is 4.64. The van der Waals surface area contributed by atoms with Crippen LogP contribution in [0.15, 0.2) is 24.3 Å². The van der Waals surface area contributed by atoms with E-state index in [2.05, 4.69) is 32.2 Å². The molecule has 0 aliphatic carbocycles. The number of hydrogen-bond donors (Lipinski definition) is 1. The predicted octanol–water partition coefficient (Wildman–Crippen LogP) is -0.0226. The fourth-order valence-corrected chi connectivity index (χ4v) is 1.31. The first-order valence-electron chi connectivity index (χ1n) is 5.48. The van der Waals surface area contributed by atoms with Crippen LogP contribution in [-0.2, 0) is 6.54 Å². The Morgan fingerprint density at radius 1 is 1.19 bits per heavy atom. The molecular formula is C13H21ClNO-. The van der Waals surface area contributed by atoms with Crippen LogP contribution in [0.3, 0.4) is 0 Å². The summed E-state index contributed by atoms with van der Waals surface area (Å²) in [6, 6.07) is 8.17. The molecule has 1 aromatic rings. The Morgan fingerprint density at radius 2 is 1.81 bits per heavy atom. The smallest absolute Gasteiger partial charge is 0.123 e. The Hall–Kier alpha value is -0.730. The van der Waals surface area contributed by atoms with Crippen LogP contribution < -0.4 is 22.5 Å². The van der Waals surface area contributed by atoms with Gasteiger partial charge in [0, 0.05) is 17.6 Å². The zero-order chi connectivity index (χ0) is 11.3. The average molecular weight is 243 g/mol. The molecule has 3 heteroatoms. The van der Waals surface area contributed by atoms with E-state index in [0.29, 0.717) is 6.61 Å². The Morgan fingerprint density at radius 3 is 2.38 bits per heavy atom. The summed E-state index contributed by atoms with van der Waals surface area (Å²) in [7, 11) is 0. The van der Waals surface area contributed by atoms with E-state index in [1.165, 1.54) is 5.56 Å². The van der Waals surface area contributed by atoms with Crippen LogP contribution in [0.2, 0.25) is 0 Å². The summed E-state index contributed by atoms with van der Waals surface area (Å²) in [5, 5.41) is 3.46. The highest BCUT2D eigenvalue weighted by molar-refractivity contribution is 5.33. The highest BCUT2D eigenvalue weighted by atomic mass is 35.5. The number of halogens is 1. The lowest BCUT2D eigenvalue weighted by atomic mass is 10.1. The largest absolute Gasteiger partial charge is 1.00 e. The molecule has 0 atom stereocenters. The van der Waals surface area contributed by atoms with Gasteiger partial charge in [0.15, 0.2) is 0 Å². The monoisotopic (exact) mass is 242 g/mol. The van der Waals surface area contributed by atoms with Gasteiger partial charge in [0.05, 0.1) is 6.61 Å². The van der Waals surface area contributed by atoms with E-state index < -0.39 is 0 Å². The van der Waals surface area contributed by atoms with E-state index in [0.717, 1.165) is 12.3 Å². The molecule has 0 unspecified atom stereocenters. The van der Waals surface area contributed by atoms with Crippen molar-refractivity contribution < 1.29 is 17.1 Å². The lowest BCUT2D eigenvalue weighted by Crippen LogP contribution is -3.00. The molecule has 1 aromatic carbocycles. The molecule has 16 heavy (non-hydrogen) atoms. The molecule has 0 heterocycles. The van der Waals surface area contributed by atoms with Gasteiger partial charge in [-0.05, 0) is 33.8 Å². The summed E-state index contributed by atoms with van der Waals surface area (Å²) >= 11 is 0. The van der Waals surface area contributed by atoms with Crippen LogP contribution in [0, 0.1) is 0 Å². The van der Waals surface area contributed by atoms with Crippen LogP contribution in [0.5, 0.6) is 5.75 Å². The Balaban J connectivity index is 0.00000225. The second-order valence-electron chi connectivity index (χ2n) is 4.64. The van der Waals surface area contributed by atoms with Gasteiger partial charge in [-0.1, -0.05) is 18.2 Å². The van der Waals surface area contributed by atoms with Crippen molar-refractivity contribution in [1.82, 2.24) is 5.32 Å². The van der Waals surface area contributed by atoms with Gasteiger partial charge in [-0.3, -0.25) is 0 Å². The minimum absolute atomic E-state index is 0. The number of nitrogens with one attached hydrogen (secondary N) is 1. The van der Waals surface area contributed by atoms with Gasteiger partial charge in [-0.2, -0.15) is 0 Å². The van der Waals surface area contributed by atoms with Crippen molar-refractivity contribution in [3.8, 4) is 5.75 Å². The van der Waals surface area contributed by atoms with Crippen LogP contribution in [0.4, 0.5) is 0 Å². The van der Waals surface area contributed by atoms with Crippen molar-refractivity contribution in [3.63, 3.8) is 0 Å². The molecule has 1 rings (SSSR count). The standard InChI is InChI=1S/C13H21NO.ClH/c1-5-15-12-9-7-6-8-11(12)10-14-13(2,3)4;/h6-9,14H,5,10H2,1-4H3;1H/p-1. The molecule has 0 spiro atoms. The molecule has 0 bridgehead atoms. The minimum Gasteiger partial charge on any atom is -1.00 e. The van der Waals surface area contributed by atoms with Crippen molar-refractivity contribution in [1.29, 1.82) is 0 Å². The van der Waals surface area contributed by atoms with E-state index in [1.807, 2.05) is 25.1 Å². The maximum absolute atomic E-state index is 5.56. The fraction of sp³-hybridized carbons (Fsp3) is 0.538. The maximum atomic E-state index is 5.56. The number of benzene rings is 1. The van der Waals surface area contributed by atoms with Gasteiger partial charge in [0.1, 0.15) is 5.75 Å². The normalized spacial score (nSPS) is 10.8. The van der Waals surface area contributed by atoms with Gasteiger partial charge >= 0.3 is 0 Å². The maximum Gasteiger partial charge on any atom is 0.123 e. The third-order valence-corrected chi connectivity index (χ3v) is 2.08. The van der Waals surface area contributed by atoms with Gasteiger partial charge in [0.2, 0.25) is 0 Å². The minimum atomic E-state index is 0. The number of rotatable bonds is 4. The summed E-state index contributed by atoms with van der Waals surface area (Å²) in [6.45, 7) is 10.1. The van der Waals surface area contributed by atoms with Crippen molar-refractivity contribution in [3.05, 3.63) is 29.8 Å². The van der Waals surface area contributed by atoms with Crippen LogP contribution in [0.25, 0.3) is 0 Å². The van der Waals surface area contributed by atoms with E-state index in [9.17, 15) is 0 Å². The third-order valence-electron chi connectivity index (χ3n) is 2.08. The molecule has 0 radical (unpaired) electrons. The first-order chi connectivity index (χ1) is 7.03. The summed E-state index contributed by atoms with van der Waals surface area (Å²) in [5.41, 5.74) is 1.36. The van der Waals surface area contributed by atoms with Crippen molar-refractivity contribution >= 4 is 0 Å². The molecule has 0 amide bonds. The Kier molecular flexibility index (Phi) is 6.46. The first kappa shape index (κ1) is 15.3. The quantitative estimate of drug-likeness (QED) is 0.801. The summed E-state index contributed by atoms with van der Waals surface area (Å²) < 4.78 is 5.56. The molecule has 92 valence electrons. The third kappa shape index (κ3) is 5.38. The molecule has 0 aliphatic rings. The summed E-state index contributed by atoms with van der Waals surface area (Å²) in [4.78, 5) is 0. The van der Waals surface area contributed by atoms with Gasteiger partial charge in [0.25, 0.3) is 0 Å². The number of hydrogen-bond acceptors (Lipinski definition) is 2. The lowest BCUT2D eigenvalue weighted by Gasteiger charge is -2.21. The first-order valence-corrected chi connectivity index (χ1v) is 5.48. The topological polar surface area (TPSA) is 21.3 Å². The molecule has 0 saturated carbocycles. The van der Waals surface area contributed by atoms with Gasteiger partial charge in [-0.15, -0.1) is 0 Å².